The van der Waals surface area contributed by atoms with Gasteiger partial charge < -0.3 is 10.2 Å². The fraction of sp³-hybridized carbons (Fsp3) is 0.421. The molecule has 0 aliphatic carbocycles. The average Bonchev–Trinajstić information content (AvgIpc) is 2.45. The Kier molecular flexibility index (Phi) is 5.56. The maximum atomic E-state index is 12.5. The molecule has 0 aliphatic rings. The molecular formula is C19H26N2O. The Morgan fingerprint density at radius 3 is 2.41 bits per heavy atom. The van der Waals surface area contributed by atoms with Gasteiger partial charge in [-0.15, -0.1) is 0 Å². The SMILES string of the molecule is CC(C)C[C@@H](CN(C)C)NC(=O)c1ccc2ccccc2c1. The molecule has 0 saturated carbocycles. The number of fused-ring (bicyclic) bond motifs is 1. The molecule has 0 spiro atoms. The summed E-state index contributed by atoms with van der Waals surface area (Å²) in [4.78, 5) is 14.7. The zero-order valence-corrected chi connectivity index (χ0v) is 14.0. The highest BCUT2D eigenvalue weighted by Crippen LogP contribution is 2.16. The maximum absolute atomic E-state index is 12.5. The van der Waals surface area contributed by atoms with Crippen LogP contribution in [-0.4, -0.2) is 37.5 Å². The number of hydrogen-bond donors (Lipinski definition) is 1. The van der Waals surface area contributed by atoms with Crippen LogP contribution in [0.4, 0.5) is 0 Å². The van der Waals surface area contributed by atoms with Gasteiger partial charge >= 0.3 is 0 Å². The van der Waals surface area contributed by atoms with Crippen LogP contribution in [-0.2, 0) is 0 Å². The Labute approximate surface area is 133 Å². The van der Waals surface area contributed by atoms with Crippen LogP contribution in [0.3, 0.4) is 0 Å². The van der Waals surface area contributed by atoms with Crippen LogP contribution >= 0.6 is 0 Å². The van der Waals surface area contributed by atoms with Gasteiger partial charge in [0, 0.05) is 18.2 Å². The maximum Gasteiger partial charge on any atom is 0.251 e. The Bertz CT molecular complexity index is 624. The minimum atomic E-state index is 0.0123. The average molecular weight is 298 g/mol. The Morgan fingerprint density at radius 1 is 1.09 bits per heavy atom. The zero-order valence-electron chi connectivity index (χ0n) is 14.0. The first-order chi connectivity index (χ1) is 10.5. The molecule has 0 aromatic heterocycles. The molecule has 0 heterocycles. The lowest BCUT2D eigenvalue weighted by atomic mass is 10.0. The molecule has 0 unspecified atom stereocenters. The molecule has 2 rings (SSSR count). The number of likely N-dealkylation sites (N-methyl/N-ethyl adjacent to an activating group) is 1. The zero-order chi connectivity index (χ0) is 16.1. The third-order valence-electron chi connectivity index (χ3n) is 3.69. The largest absolute Gasteiger partial charge is 0.348 e. The molecule has 1 amide bonds. The first-order valence-corrected chi connectivity index (χ1v) is 7.90. The number of nitrogens with one attached hydrogen (secondary N) is 1. The molecule has 0 radical (unpaired) electrons. The Morgan fingerprint density at radius 2 is 1.77 bits per heavy atom. The fourth-order valence-corrected chi connectivity index (χ4v) is 2.79. The van der Waals surface area contributed by atoms with Crippen LogP contribution in [0.1, 0.15) is 30.6 Å². The Balaban J connectivity index is 2.13. The van der Waals surface area contributed by atoms with Crippen molar-refractivity contribution >= 4 is 16.7 Å². The molecule has 0 fully saturated rings. The van der Waals surface area contributed by atoms with E-state index in [4.69, 9.17) is 0 Å². The van der Waals surface area contributed by atoms with Crippen molar-refractivity contribution in [2.24, 2.45) is 5.92 Å². The van der Waals surface area contributed by atoms with E-state index in [1.165, 1.54) is 0 Å². The molecule has 3 heteroatoms. The van der Waals surface area contributed by atoms with E-state index in [9.17, 15) is 4.79 Å². The standard InChI is InChI=1S/C19H26N2O/c1-14(2)11-18(13-21(3)4)20-19(22)17-10-9-15-7-5-6-8-16(15)12-17/h5-10,12,14,18H,11,13H2,1-4H3,(H,20,22)/t18-/m0/s1. The number of carbonyl (C=O) groups is 1. The number of rotatable bonds is 6. The highest BCUT2D eigenvalue weighted by atomic mass is 16.1. The van der Waals surface area contributed by atoms with Gasteiger partial charge in [-0.25, -0.2) is 0 Å². The van der Waals surface area contributed by atoms with Gasteiger partial charge in [0.15, 0.2) is 0 Å². The highest BCUT2D eigenvalue weighted by Gasteiger charge is 2.16. The highest BCUT2D eigenvalue weighted by molar-refractivity contribution is 5.98. The third-order valence-corrected chi connectivity index (χ3v) is 3.69. The monoisotopic (exact) mass is 298 g/mol. The second-order valence-corrected chi connectivity index (χ2v) is 6.62. The van der Waals surface area contributed by atoms with Gasteiger partial charge in [-0.05, 0) is 49.3 Å². The summed E-state index contributed by atoms with van der Waals surface area (Å²) in [6.07, 6.45) is 0.984. The van der Waals surface area contributed by atoms with E-state index in [-0.39, 0.29) is 11.9 Å². The number of nitrogens with zero attached hydrogens (tertiary/aromatic N) is 1. The van der Waals surface area contributed by atoms with Gasteiger partial charge in [-0.1, -0.05) is 44.2 Å². The fourth-order valence-electron chi connectivity index (χ4n) is 2.79. The van der Waals surface area contributed by atoms with Crippen LogP contribution in [0.25, 0.3) is 10.8 Å². The normalized spacial score (nSPS) is 12.8. The lowest BCUT2D eigenvalue weighted by Crippen LogP contribution is -2.42. The molecule has 3 nitrogen and oxygen atoms in total. The molecule has 1 atom stereocenters. The minimum absolute atomic E-state index is 0.0123. The van der Waals surface area contributed by atoms with Gasteiger partial charge in [-0.2, -0.15) is 0 Å². The first kappa shape index (κ1) is 16.5. The summed E-state index contributed by atoms with van der Waals surface area (Å²) >= 11 is 0. The van der Waals surface area contributed by atoms with Gasteiger partial charge in [0.05, 0.1) is 0 Å². The van der Waals surface area contributed by atoms with Crippen molar-refractivity contribution in [2.45, 2.75) is 26.3 Å². The Hall–Kier alpha value is -1.87. The number of amides is 1. The summed E-state index contributed by atoms with van der Waals surface area (Å²) in [5.74, 6) is 0.570. The lowest BCUT2D eigenvalue weighted by Gasteiger charge is -2.24. The van der Waals surface area contributed by atoms with Crippen LogP contribution in [0, 0.1) is 5.92 Å². The van der Waals surface area contributed by atoms with Crippen molar-refractivity contribution < 1.29 is 4.79 Å². The molecule has 2 aromatic rings. The van der Waals surface area contributed by atoms with Crippen LogP contribution in [0.5, 0.6) is 0 Å². The second kappa shape index (κ2) is 7.41. The number of carbonyl (C=O) groups excluding carboxylic acids is 1. The van der Waals surface area contributed by atoms with E-state index in [1.807, 2.05) is 50.5 Å². The number of benzene rings is 2. The number of hydrogen-bond acceptors (Lipinski definition) is 2. The van der Waals surface area contributed by atoms with Crippen molar-refractivity contribution in [3.63, 3.8) is 0 Å². The van der Waals surface area contributed by atoms with E-state index in [0.717, 1.165) is 29.3 Å². The van der Waals surface area contributed by atoms with E-state index >= 15 is 0 Å². The van der Waals surface area contributed by atoms with Gasteiger partial charge in [0.2, 0.25) is 0 Å². The predicted octanol–water partition coefficient (Wildman–Crippen LogP) is 3.55. The molecule has 118 valence electrons. The molecule has 22 heavy (non-hydrogen) atoms. The van der Waals surface area contributed by atoms with Crippen molar-refractivity contribution in [3.8, 4) is 0 Å². The summed E-state index contributed by atoms with van der Waals surface area (Å²) < 4.78 is 0. The van der Waals surface area contributed by atoms with Crippen molar-refractivity contribution in [1.82, 2.24) is 10.2 Å². The van der Waals surface area contributed by atoms with Crippen LogP contribution in [0.15, 0.2) is 42.5 Å². The van der Waals surface area contributed by atoms with Crippen molar-refractivity contribution in [3.05, 3.63) is 48.0 Å². The smallest absolute Gasteiger partial charge is 0.251 e. The summed E-state index contributed by atoms with van der Waals surface area (Å²) in [5.41, 5.74) is 0.728. The first-order valence-electron chi connectivity index (χ1n) is 7.90. The topological polar surface area (TPSA) is 32.3 Å². The van der Waals surface area contributed by atoms with E-state index in [1.54, 1.807) is 0 Å². The lowest BCUT2D eigenvalue weighted by molar-refractivity contribution is 0.0924. The summed E-state index contributed by atoms with van der Waals surface area (Å²) in [6, 6.07) is 14.2. The van der Waals surface area contributed by atoms with E-state index in [2.05, 4.69) is 30.1 Å². The second-order valence-electron chi connectivity index (χ2n) is 6.62. The molecule has 2 aromatic carbocycles. The van der Waals surface area contributed by atoms with Gasteiger partial charge in [0.25, 0.3) is 5.91 Å². The van der Waals surface area contributed by atoms with Crippen molar-refractivity contribution in [1.29, 1.82) is 0 Å². The van der Waals surface area contributed by atoms with E-state index in [0.29, 0.717) is 5.92 Å². The summed E-state index contributed by atoms with van der Waals surface area (Å²) in [6.45, 7) is 5.23. The third kappa shape index (κ3) is 4.57. The molecule has 0 saturated heterocycles. The summed E-state index contributed by atoms with van der Waals surface area (Å²) in [5, 5.41) is 5.44. The molecular weight excluding hydrogens is 272 g/mol. The predicted molar refractivity (Wildman–Crippen MR) is 93.2 cm³/mol. The molecule has 0 bridgehead atoms. The van der Waals surface area contributed by atoms with Crippen LogP contribution < -0.4 is 5.32 Å². The van der Waals surface area contributed by atoms with Crippen LogP contribution in [0.2, 0.25) is 0 Å². The molecule has 0 aliphatic heterocycles. The van der Waals surface area contributed by atoms with Crippen molar-refractivity contribution in [2.75, 3.05) is 20.6 Å². The van der Waals surface area contributed by atoms with E-state index < -0.39 is 0 Å². The summed E-state index contributed by atoms with van der Waals surface area (Å²) in [7, 11) is 4.07. The van der Waals surface area contributed by atoms with Gasteiger partial charge in [-0.3, -0.25) is 4.79 Å². The van der Waals surface area contributed by atoms with Gasteiger partial charge in [0.1, 0.15) is 0 Å². The minimum Gasteiger partial charge on any atom is -0.348 e. The molecule has 1 N–H and O–H groups in total. The quantitative estimate of drug-likeness (QED) is 0.884.